The maximum atomic E-state index is 12.2. The SMILES string of the molecule is Cc1ccc(/C(=C/c2ccc(C(C)(C)Nc3ccc(/C=C4\N=C(SCC(=O)O)NC4=O)cc3)cc2)c2ccccc2)cc1C. The van der Waals surface area contributed by atoms with Crippen LogP contribution in [0, 0.1) is 13.8 Å². The van der Waals surface area contributed by atoms with E-state index in [0.717, 1.165) is 34.1 Å². The summed E-state index contributed by atoms with van der Waals surface area (Å²) in [5, 5.41) is 15.4. The third-order valence-corrected chi connectivity index (χ3v) is 8.38. The highest BCUT2D eigenvalue weighted by atomic mass is 32.2. The second kappa shape index (κ2) is 13.2. The molecule has 0 saturated carbocycles. The van der Waals surface area contributed by atoms with Gasteiger partial charge in [-0.1, -0.05) is 96.7 Å². The topological polar surface area (TPSA) is 90.8 Å². The lowest BCUT2D eigenvalue weighted by molar-refractivity contribution is -0.133. The van der Waals surface area contributed by atoms with E-state index in [4.69, 9.17) is 5.11 Å². The lowest BCUT2D eigenvalue weighted by Gasteiger charge is -2.28. The van der Waals surface area contributed by atoms with Gasteiger partial charge >= 0.3 is 5.97 Å². The molecule has 0 saturated heterocycles. The van der Waals surface area contributed by atoms with Crippen LogP contribution in [0.5, 0.6) is 0 Å². The van der Waals surface area contributed by atoms with E-state index in [1.807, 2.05) is 30.3 Å². The van der Waals surface area contributed by atoms with E-state index in [0.29, 0.717) is 5.17 Å². The van der Waals surface area contributed by atoms with Crippen molar-refractivity contribution in [3.8, 4) is 0 Å². The van der Waals surface area contributed by atoms with Crippen molar-refractivity contribution < 1.29 is 14.7 Å². The third kappa shape index (κ3) is 7.54. The zero-order valence-corrected chi connectivity index (χ0v) is 26.0. The Morgan fingerprint density at radius 2 is 1.57 bits per heavy atom. The first kappa shape index (κ1) is 30.6. The second-order valence-electron chi connectivity index (χ2n) is 11.3. The Labute approximate surface area is 262 Å². The number of anilines is 1. The number of carboxylic acids is 1. The summed E-state index contributed by atoms with van der Waals surface area (Å²) < 4.78 is 0. The third-order valence-electron chi connectivity index (χ3n) is 7.52. The average molecular weight is 602 g/mol. The van der Waals surface area contributed by atoms with Gasteiger partial charge in [-0.15, -0.1) is 0 Å². The van der Waals surface area contributed by atoms with Crippen molar-refractivity contribution in [1.29, 1.82) is 0 Å². The number of aliphatic carboxylic acids is 1. The number of nitrogens with one attached hydrogen (secondary N) is 2. The molecule has 1 heterocycles. The number of aliphatic imine (C=N–C) groups is 1. The van der Waals surface area contributed by atoms with Gasteiger partial charge in [-0.05, 0) is 96.5 Å². The van der Waals surface area contributed by atoms with Crippen LogP contribution in [-0.2, 0) is 15.1 Å². The smallest absolute Gasteiger partial charge is 0.313 e. The number of carbonyl (C=O) groups is 2. The molecule has 1 amide bonds. The van der Waals surface area contributed by atoms with Crippen LogP contribution in [0.2, 0.25) is 0 Å². The Morgan fingerprint density at radius 3 is 2.23 bits per heavy atom. The molecule has 0 spiro atoms. The first-order chi connectivity index (χ1) is 21.1. The average Bonchev–Trinajstić information content (AvgIpc) is 3.36. The number of aryl methyl sites for hydroxylation is 2. The largest absolute Gasteiger partial charge is 0.481 e. The minimum atomic E-state index is -0.964. The lowest BCUT2D eigenvalue weighted by atomic mass is 9.91. The second-order valence-corrected chi connectivity index (χ2v) is 12.3. The number of thioether (sulfide) groups is 1. The van der Waals surface area contributed by atoms with Crippen LogP contribution in [0.1, 0.15) is 52.8 Å². The summed E-state index contributed by atoms with van der Waals surface area (Å²) in [6.07, 6.45) is 3.94. The summed E-state index contributed by atoms with van der Waals surface area (Å²) >= 11 is 0.984. The molecule has 0 aliphatic carbocycles. The van der Waals surface area contributed by atoms with Crippen molar-refractivity contribution in [3.63, 3.8) is 0 Å². The molecule has 5 rings (SSSR count). The minimum Gasteiger partial charge on any atom is -0.481 e. The Balaban J connectivity index is 1.31. The Kier molecular flexibility index (Phi) is 9.16. The van der Waals surface area contributed by atoms with E-state index in [1.165, 1.54) is 27.8 Å². The lowest BCUT2D eigenvalue weighted by Crippen LogP contribution is -2.27. The molecule has 4 aromatic rings. The van der Waals surface area contributed by atoms with Crippen molar-refractivity contribution in [3.05, 3.63) is 142 Å². The minimum absolute atomic E-state index is 0.163. The molecule has 1 aliphatic heterocycles. The van der Waals surface area contributed by atoms with Crippen molar-refractivity contribution >= 4 is 52.2 Å². The monoisotopic (exact) mass is 601 g/mol. The van der Waals surface area contributed by atoms with E-state index in [1.54, 1.807) is 6.08 Å². The first-order valence-electron chi connectivity index (χ1n) is 14.4. The standard InChI is InChI=1S/C37H35N3O3S/c1-24-10-15-29(20-25(24)2)32(28-8-6-5-7-9-28)21-26-11-16-30(17-12-26)37(3,4)40-31-18-13-27(14-19-31)22-33-35(43)39-36(38-33)44-23-34(41)42/h5-22,40H,23H2,1-4H3,(H,41,42)(H,38,39,43)/b32-21+,33-22-. The number of nitrogens with zero attached hydrogens (tertiary/aromatic N) is 1. The highest BCUT2D eigenvalue weighted by Gasteiger charge is 2.22. The van der Waals surface area contributed by atoms with Crippen molar-refractivity contribution in [2.24, 2.45) is 4.99 Å². The van der Waals surface area contributed by atoms with Crippen LogP contribution >= 0.6 is 11.8 Å². The zero-order chi connectivity index (χ0) is 31.3. The molecule has 4 aromatic carbocycles. The summed E-state index contributed by atoms with van der Waals surface area (Å²) in [5.41, 5.74) is 10.1. The molecule has 3 N–H and O–H groups in total. The maximum absolute atomic E-state index is 12.2. The first-order valence-corrected chi connectivity index (χ1v) is 15.4. The van der Waals surface area contributed by atoms with Gasteiger partial charge < -0.3 is 10.4 Å². The Hall–Kier alpha value is -4.88. The van der Waals surface area contributed by atoms with Gasteiger partial charge in [-0.25, -0.2) is 4.99 Å². The van der Waals surface area contributed by atoms with E-state index >= 15 is 0 Å². The summed E-state index contributed by atoms with van der Waals surface area (Å²) in [7, 11) is 0. The molecule has 0 unspecified atom stereocenters. The quantitative estimate of drug-likeness (QED) is 0.134. The van der Waals surface area contributed by atoms with E-state index < -0.39 is 5.97 Å². The predicted molar refractivity (Wildman–Crippen MR) is 183 cm³/mol. The molecule has 222 valence electrons. The van der Waals surface area contributed by atoms with Gasteiger partial charge in [0.2, 0.25) is 0 Å². The molecule has 0 radical (unpaired) electrons. The van der Waals surface area contributed by atoms with Crippen LogP contribution in [-0.4, -0.2) is 27.9 Å². The van der Waals surface area contributed by atoms with Gasteiger partial charge in [0.1, 0.15) is 5.70 Å². The predicted octanol–water partition coefficient (Wildman–Crippen LogP) is 7.88. The summed E-state index contributed by atoms with van der Waals surface area (Å²) in [5.74, 6) is -1.47. The molecule has 44 heavy (non-hydrogen) atoms. The van der Waals surface area contributed by atoms with Gasteiger partial charge in [-0.2, -0.15) is 0 Å². The molecule has 0 fully saturated rings. The highest BCUT2D eigenvalue weighted by molar-refractivity contribution is 8.14. The molecule has 6 nitrogen and oxygen atoms in total. The summed E-state index contributed by atoms with van der Waals surface area (Å²) in [6.45, 7) is 8.58. The van der Waals surface area contributed by atoms with Gasteiger partial charge in [0.15, 0.2) is 5.17 Å². The number of benzene rings is 4. The van der Waals surface area contributed by atoms with E-state index in [2.05, 4.69) is 116 Å². The molecule has 0 aromatic heterocycles. The Morgan fingerprint density at radius 1 is 0.886 bits per heavy atom. The molecule has 0 atom stereocenters. The number of carbonyl (C=O) groups excluding carboxylic acids is 1. The van der Waals surface area contributed by atoms with Crippen molar-refractivity contribution in [2.75, 3.05) is 11.1 Å². The van der Waals surface area contributed by atoms with Crippen LogP contribution in [0.3, 0.4) is 0 Å². The van der Waals surface area contributed by atoms with Crippen LogP contribution in [0.25, 0.3) is 17.7 Å². The van der Waals surface area contributed by atoms with Gasteiger partial charge in [0.25, 0.3) is 5.91 Å². The molecule has 0 bridgehead atoms. The van der Waals surface area contributed by atoms with Gasteiger partial charge in [0, 0.05) is 5.69 Å². The number of rotatable bonds is 9. The van der Waals surface area contributed by atoms with Crippen LogP contribution in [0.4, 0.5) is 5.69 Å². The maximum Gasteiger partial charge on any atom is 0.313 e. The molecule has 1 aliphatic rings. The van der Waals surface area contributed by atoms with Gasteiger partial charge in [-0.3, -0.25) is 14.9 Å². The number of hydrogen-bond acceptors (Lipinski definition) is 5. The fraction of sp³-hybridized carbons (Fsp3) is 0.162. The fourth-order valence-corrected chi connectivity index (χ4v) is 5.51. The number of carboxylic acid groups (broad SMARTS) is 1. The molecule has 7 heteroatoms. The normalized spacial score (nSPS) is 14.4. The van der Waals surface area contributed by atoms with E-state index in [9.17, 15) is 9.59 Å². The van der Waals surface area contributed by atoms with Gasteiger partial charge in [0.05, 0.1) is 11.3 Å². The van der Waals surface area contributed by atoms with E-state index in [-0.39, 0.29) is 22.9 Å². The highest BCUT2D eigenvalue weighted by Crippen LogP contribution is 2.30. The number of amidine groups is 1. The van der Waals surface area contributed by atoms with Crippen LogP contribution in [0.15, 0.2) is 108 Å². The Bertz CT molecular complexity index is 1770. The van der Waals surface area contributed by atoms with Crippen molar-refractivity contribution in [1.82, 2.24) is 5.32 Å². The van der Waals surface area contributed by atoms with Crippen molar-refractivity contribution in [2.45, 2.75) is 33.2 Å². The molecular weight excluding hydrogens is 566 g/mol. The summed E-state index contributed by atoms with van der Waals surface area (Å²) in [4.78, 5) is 27.2. The summed E-state index contributed by atoms with van der Waals surface area (Å²) in [6, 6.07) is 33.6. The number of hydrogen-bond donors (Lipinski definition) is 3. The molecular formula is C37H35N3O3S. The number of amides is 1. The fourth-order valence-electron chi connectivity index (χ4n) is 4.92. The van der Waals surface area contributed by atoms with Crippen LogP contribution < -0.4 is 10.6 Å². The zero-order valence-electron chi connectivity index (χ0n) is 25.2.